The zero-order valence-electron chi connectivity index (χ0n) is 19.7. The topological polar surface area (TPSA) is 70.5 Å². The Hall–Kier alpha value is -2.84. The SMILES string of the molecule is COc1ccc2ncc(F)c(CCN3CC(O)C(CNCc4ccc5ccccc5c4)C3)c2n1.Cl. The van der Waals surface area contributed by atoms with Gasteiger partial charge in [-0.15, -0.1) is 12.4 Å². The molecular formula is C27H30ClFN4O2. The Balaban J connectivity index is 0.00000289. The average Bonchev–Trinajstić information content (AvgIpc) is 3.22. The lowest BCUT2D eigenvalue weighted by Gasteiger charge is -2.17. The third kappa shape index (κ3) is 5.70. The van der Waals surface area contributed by atoms with Crippen LogP contribution in [0.4, 0.5) is 4.39 Å². The molecule has 6 nitrogen and oxygen atoms in total. The molecule has 2 N–H and O–H groups in total. The number of fused-ring (bicyclic) bond motifs is 2. The van der Waals surface area contributed by atoms with E-state index >= 15 is 0 Å². The molecule has 1 saturated heterocycles. The van der Waals surface area contributed by atoms with Crippen LogP contribution in [0.15, 0.2) is 60.8 Å². The van der Waals surface area contributed by atoms with Crippen molar-refractivity contribution in [3.63, 3.8) is 0 Å². The van der Waals surface area contributed by atoms with E-state index in [1.807, 2.05) is 6.07 Å². The number of pyridine rings is 2. The number of aromatic nitrogens is 2. The number of methoxy groups -OCH3 is 1. The molecule has 1 fully saturated rings. The molecule has 3 heterocycles. The van der Waals surface area contributed by atoms with Crippen molar-refractivity contribution in [2.75, 3.05) is 33.3 Å². The zero-order chi connectivity index (χ0) is 23.5. The number of rotatable bonds is 8. The van der Waals surface area contributed by atoms with E-state index in [1.54, 1.807) is 19.2 Å². The van der Waals surface area contributed by atoms with E-state index in [2.05, 4.69) is 56.6 Å². The van der Waals surface area contributed by atoms with Crippen molar-refractivity contribution >= 4 is 34.2 Å². The number of nitrogens with zero attached hydrogens (tertiary/aromatic N) is 3. The molecule has 0 radical (unpaired) electrons. The summed E-state index contributed by atoms with van der Waals surface area (Å²) in [5, 5.41) is 16.6. The highest BCUT2D eigenvalue weighted by molar-refractivity contribution is 5.85. The van der Waals surface area contributed by atoms with Crippen molar-refractivity contribution < 1.29 is 14.2 Å². The van der Waals surface area contributed by atoms with Gasteiger partial charge >= 0.3 is 0 Å². The standard InChI is InChI=1S/C27H29FN4O2.ClH/c1-34-26-9-8-24-27(31-26)22(23(28)15-30-24)10-11-32-16-21(25(33)17-32)14-29-13-18-6-7-19-4-2-3-5-20(19)12-18;/h2-9,12,15,21,25,29,33H,10-11,13-14,16-17H2,1H3;1H. The van der Waals surface area contributed by atoms with Gasteiger partial charge in [-0.05, 0) is 34.9 Å². The van der Waals surface area contributed by atoms with Crippen LogP contribution in [0.5, 0.6) is 5.88 Å². The fourth-order valence-corrected chi connectivity index (χ4v) is 4.77. The molecule has 5 rings (SSSR count). The summed E-state index contributed by atoms with van der Waals surface area (Å²) in [5.41, 5.74) is 2.95. The molecule has 1 aliphatic rings. The number of aliphatic hydroxyl groups excluding tert-OH is 1. The van der Waals surface area contributed by atoms with Crippen molar-refractivity contribution in [3.05, 3.63) is 77.7 Å². The van der Waals surface area contributed by atoms with Gasteiger partial charge < -0.3 is 20.1 Å². The van der Waals surface area contributed by atoms with Crippen LogP contribution in [0.2, 0.25) is 0 Å². The van der Waals surface area contributed by atoms with Gasteiger partial charge in [0.25, 0.3) is 0 Å². The summed E-state index contributed by atoms with van der Waals surface area (Å²) in [6.45, 7) is 3.50. The van der Waals surface area contributed by atoms with Crippen molar-refractivity contribution in [1.29, 1.82) is 0 Å². The first-order chi connectivity index (χ1) is 16.6. The van der Waals surface area contributed by atoms with Gasteiger partial charge in [0.05, 0.1) is 30.4 Å². The minimum Gasteiger partial charge on any atom is -0.481 e. The summed E-state index contributed by atoms with van der Waals surface area (Å²) in [4.78, 5) is 10.7. The van der Waals surface area contributed by atoms with Gasteiger partial charge in [-0.1, -0.05) is 36.4 Å². The highest BCUT2D eigenvalue weighted by atomic mass is 35.5. The summed E-state index contributed by atoms with van der Waals surface area (Å²) >= 11 is 0. The Morgan fingerprint density at radius 3 is 2.77 bits per heavy atom. The summed E-state index contributed by atoms with van der Waals surface area (Å²) in [7, 11) is 1.54. The number of aliphatic hydroxyl groups is 1. The van der Waals surface area contributed by atoms with Crippen LogP contribution >= 0.6 is 12.4 Å². The quantitative estimate of drug-likeness (QED) is 0.384. The second-order valence-corrected chi connectivity index (χ2v) is 8.96. The maximum atomic E-state index is 14.6. The first-order valence-electron chi connectivity index (χ1n) is 11.7. The van der Waals surface area contributed by atoms with Crippen LogP contribution in [-0.4, -0.2) is 59.4 Å². The Morgan fingerprint density at radius 2 is 1.94 bits per heavy atom. The number of benzene rings is 2. The summed E-state index contributed by atoms with van der Waals surface area (Å²) in [5.74, 6) is 0.217. The van der Waals surface area contributed by atoms with Crippen LogP contribution < -0.4 is 10.1 Å². The Kier molecular flexibility index (Phi) is 8.13. The minimum absolute atomic E-state index is 0. The normalized spacial score (nSPS) is 18.1. The smallest absolute Gasteiger partial charge is 0.213 e. The van der Waals surface area contributed by atoms with Crippen molar-refractivity contribution in [2.24, 2.45) is 5.92 Å². The second-order valence-electron chi connectivity index (χ2n) is 8.96. The maximum Gasteiger partial charge on any atom is 0.213 e. The molecule has 4 aromatic rings. The van der Waals surface area contributed by atoms with Gasteiger partial charge in [0.1, 0.15) is 5.82 Å². The molecule has 2 atom stereocenters. The molecule has 35 heavy (non-hydrogen) atoms. The second kappa shape index (κ2) is 11.3. The number of β-amino-alcohol motifs (C(OH)–C–C–N with tert-alkyl or cyclic N) is 1. The lowest BCUT2D eigenvalue weighted by atomic mass is 10.1. The molecule has 0 bridgehead atoms. The van der Waals surface area contributed by atoms with Crippen LogP contribution in [-0.2, 0) is 13.0 Å². The first-order valence-corrected chi connectivity index (χ1v) is 11.7. The maximum absolute atomic E-state index is 14.6. The third-order valence-corrected chi connectivity index (χ3v) is 6.66. The highest BCUT2D eigenvalue weighted by Gasteiger charge is 2.30. The number of likely N-dealkylation sites (tertiary alicyclic amines) is 1. The molecule has 8 heteroatoms. The largest absolute Gasteiger partial charge is 0.481 e. The fourth-order valence-electron chi connectivity index (χ4n) is 4.77. The lowest BCUT2D eigenvalue weighted by Crippen LogP contribution is -2.30. The predicted octanol–water partition coefficient (Wildman–Crippen LogP) is 3.98. The molecule has 2 aromatic carbocycles. The van der Waals surface area contributed by atoms with Crippen molar-refractivity contribution in [1.82, 2.24) is 20.2 Å². The predicted molar refractivity (Wildman–Crippen MR) is 139 cm³/mol. The van der Waals surface area contributed by atoms with Crippen molar-refractivity contribution in [2.45, 2.75) is 19.1 Å². The molecule has 0 saturated carbocycles. The summed E-state index contributed by atoms with van der Waals surface area (Å²) < 4.78 is 19.8. The summed E-state index contributed by atoms with van der Waals surface area (Å²) in [6, 6.07) is 18.3. The summed E-state index contributed by atoms with van der Waals surface area (Å²) in [6.07, 6.45) is 1.35. The first kappa shape index (κ1) is 25.3. The molecular weight excluding hydrogens is 467 g/mol. The van der Waals surface area contributed by atoms with Crippen molar-refractivity contribution in [3.8, 4) is 5.88 Å². The molecule has 2 aromatic heterocycles. The number of hydrogen-bond acceptors (Lipinski definition) is 6. The molecule has 1 aliphatic heterocycles. The molecule has 0 spiro atoms. The Bertz CT molecular complexity index is 1300. The van der Waals surface area contributed by atoms with Gasteiger partial charge in [-0.3, -0.25) is 4.98 Å². The number of nitrogens with one attached hydrogen (secondary N) is 1. The van der Waals surface area contributed by atoms with Crippen LogP contribution in [0.1, 0.15) is 11.1 Å². The lowest BCUT2D eigenvalue weighted by molar-refractivity contribution is 0.140. The number of ether oxygens (including phenoxy) is 1. The van der Waals surface area contributed by atoms with Gasteiger partial charge in [0.15, 0.2) is 0 Å². The van der Waals surface area contributed by atoms with E-state index in [4.69, 9.17) is 4.74 Å². The molecule has 184 valence electrons. The fraction of sp³-hybridized carbons (Fsp3) is 0.333. The van der Waals surface area contributed by atoms with Gasteiger partial charge in [0, 0.05) is 50.3 Å². The van der Waals surface area contributed by atoms with E-state index in [9.17, 15) is 9.50 Å². The van der Waals surface area contributed by atoms with Crippen LogP contribution in [0.3, 0.4) is 0 Å². The molecule has 2 unspecified atom stereocenters. The van der Waals surface area contributed by atoms with Crippen LogP contribution in [0, 0.1) is 11.7 Å². The third-order valence-electron chi connectivity index (χ3n) is 6.66. The monoisotopic (exact) mass is 496 g/mol. The van der Waals surface area contributed by atoms with E-state index in [-0.39, 0.29) is 24.1 Å². The average molecular weight is 497 g/mol. The Labute approximate surface area is 210 Å². The molecule has 0 aliphatic carbocycles. The van der Waals surface area contributed by atoms with Gasteiger partial charge in [0.2, 0.25) is 5.88 Å². The Morgan fingerprint density at radius 1 is 1.11 bits per heavy atom. The van der Waals surface area contributed by atoms with Crippen LogP contribution in [0.25, 0.3) is 21.8 Å². The van der Waals surface area contributed by atoms with E-state index in [0.29, 0.717) is 42.0 Å². The zero-order valence-corrected chi connectivity index (χ0v) is 20.5. The highest BCUT2D eigenvalue weighted by Crippen LogP contribution is 2.23. The van der Waals surface area contributed by atoms with Gasteiger partial charge in [-0.2, -0.15) is 0 Å². The van der Waals surface area contributed by atoms with E-state index < -0.39 is 6.10 Å². The minimum atomic E-state index is -0.402. The number of hydrogen-bond donors (Lipinski definition) is 2. The van der Waals surface area contributed by atoms with E-state index in [1.165, 1.54) is 22.5 Å². The molecule has 0 amide bonds. The van der Waals surface area contributed by atoms with Gasteiger partial charge in [-0.25, -0.2) is 9.37 Å². The van der Waals surface area contributed by atoms with E-state index in [0.717, 1.165) is 19.6 Å². The number of halogens is 2.